The van der Waals surface area contributed by atoms with Crippen molar-refractivity contribution in [3.63, 3.8) is 0 Å². The van der Waals surface area contributed by atoms with E-state index in [0.717, 1.165) is 23.3 Å². The van der Waals surface area contributed by atoms with Crippen LogP contribution < -0.4 is 5.32 Å². The molecule has 0 bridgehead atoms. The van der Waals surface area contributed by atoms with Gasteiger partial charge in [-0.15, -0.1) is 0 Å². The molecule has 88 valence electrons. The van der Waals surface area contributed by atoms with Crippen LogP contribution in [-0.4, -0.2) is 24.9 Å². The second kappa shape index (κ2) is 6.23. The number of hydrogen-bond donors (Lipinski definition) is 1. The van der Waals surface area contributed by atoms with Gasteiger partial charge in [-0.25, -0.2) is 0 Å². The lowest BCUT2D eigenvalue weighted by Crippen LogP contribution is -2.28. The maximum absolute atomic E-state index is 11.7. The first-order chi connectivity index (χ1) is 7.52. The van der Waals surface area contributed by atoms with E-state index in [-0.39, 0.29) is 5.91 Å². The van der Waals surface area contributed by atoms with Gasteiger partial charge in [0.25, 0.3) is 0 Å². The number of nitrogens with zero attached hydrogens (tertiary/aromatic N) is 1. The lowest BCUT2D eigenvalue weighted by molar-refractivity contribution is -0.121. The number of allylic oxidation sites excluding steroid dienone is 1. The van der Waals surface area contributed by atoms with E-state index in [1.54, 1.807) is 0 Å². The standard InChI is InChI=1S/C11H18BBrN2O/c1-3-7(2)4-10(16)15-9-5-8(12)6-14-11(9)13/h5,7-8H,3-4,6,12H2,1-2H3,(H,15,16). The summed E-state index contributed by atoms with van der Waals surface area (Å²) in [5, 5.41) is 2.91. The first-order valence-corrected chi connectivity index (χ1v) is 6.54. The maximum atomic E-state index is 11.7. The fraction of sp³-hybridized carbons (Fsp3) is 0.636. The van der Waals surface area contributed by atoms with E-state index in [2.05, 4.69) is 47.9 Å². The van der Waals surface area contributed by atoms with Crippen molar-refractivity contribution in [2.24, 2.45) is 10.9 Å². The Labute approximate surface area is 106 Å². The van der Waals surface area contributed by atoms with Crippen LogP contribution in [0.2, 0.25) is 5.82 Å². The van der Waals surface area contributed by atoms with E-state index in [1.807, 2.05) is 6.08 Å². The maximum Gasteiger partial charge on any atom is 0.224 e. The third-order valence-corrected chi connectivity index (χ3v) is 3.37. The molecule has 16 heavy (non-hydrogen) atoms. The lowest BCUT2D eigenvalue weighted by atomic mass is 9.86. The van der Waals surface area contributed by atoms with Gasteiger partial charge in [-0.05, 0) is 27.7 Å². The van der Waals surface area contributed by atoms with E-state index in [9.17, 15) is 4.79 Å². The largest absolute Gasteiger partial charge is 0.324 e. The number of dihydropyridines is 1. The number of hydrogen-bond acceptors (Lipinski definition) is 2. The number of rotatable bonds is 4. The van der Waals surface area contributed by atoms with E-state index in [4.69, 9.17) is 0 Å². The van der Waals surface area contributed by atoms with Crippen LogP contribution in [0.1, 0.15) is 26.7 Å². The van der Waals surface area contributed by atoms with Gasteiger partial charge >= 0.3 is 0 Å². The monoisotopic (exact) mass is 284 g/mol. The molecular weight excluding hydrogens is 267 g/mol. The van der Waals surface area contributed by atoms with Gasteiger partial charge in [0, 0.05) is 13.0 Å². The molecule has 1 aliphatic rings. The van der Waals surface area contributed by atoms with Gasteiger partial charge in [0.2, 0.25) is 5.91 Å². The zero-order valence-corrected chi connectivity index (χ0v) is 11.7. The van der Waals surface area contributed by atoms with E-state index in [0.29, 0.717) is 18.2 Å². The molecule has 0 radical (unpaired) electrons. The molecule has 1 N–H and O–H groups in total. The topological polar surface area (TPSA) is 41.5 Å². The summed E-state index contributed by atoms with van der Waals surface area (Å²) < 4.78 is 0.753. The van der Waals surface area contributed by atoms with Crippen molar-refractivity contribution >= 4 is 34.3 Å². The average Bonchev–Trinajstić information content (AvgIpc) is 2.23. The van der Waals surface area contributed by atoms with Crippen molar-refractivity contribution in [2.75, 3.05) is 6.54 Å². The fourth-order valence-electron chi connectivity index (χ4n) is 1.47. The highest BCUT2D eigenvalue weighted by Crippen LogP contribution is 2.16. The van der Waals surface area contributed by atoms with Gasteiger partial charge < -0.3 is 5.32 Å². The molecule has 0 fully saturated rings. The Balaban J connectivity index is 2.53. The van der Waals surface area contributed by atoms with Crippen molar-refractivity contribution in [1.29, 1.82) is 0 Å². The van der Waals surface area contributed by atoms with E-state index >= 15 is 0 Å². The van der Waals surface area contributed by atoms with Crippen LogP contribution in [0.25, 0.3) is 0 Å². The van der Waals surface area contributed by atoms with Crippen LogP contribution in [0.4, 0.5) is 0 Å². The highest BCUT2D eigenvalue weighted by Gasteiger charge is 2.15. The first kappa shape index (κ1) is 13.5. The minimum atomic E-state index is 0.0712. The molecule has 5 heteroatoms. The number of amides is 1. The molecule has 0 saturated carbocycles. The minimum absolute atomic E-state index is 0.0712. The van der Waals surface area contributed by atoms with Crippen LogP contribution in [0.15, 0.2) is 16.8 Å². The molecule has 1 heterocycles. The second-order valence-electron chi connectivity index (χ2n) is 4.45. The molecule has 2 unspecified atom stereocenters. The Morgan fingerprint density at radius 2 is 2.50 bits per heavy atom. The second-order valence-corrected chi connectivity index (χ2v) is 5.21. The normalized spacial score (nSPS) is 22.1. The van der Waals surface area contributed by atoms with E-state index in [1.165, 1.54) is 0 Å². The molecule has 1 rings (SSSR count). The quantitative estimate of drug-likeness (QED) is 0.784. The predicted molar refractivity (Wildman–Crippen MR) is 73.8 cm³/mol. The average molecular weight is 285 g/mol. The summed E-state index contributed by atoms with van der Waals surface area (Å²) in [6.07, 6.45) is 3.65. The van der Waals surface area contributed by atoms with Crippen LogP contribution in [0.5, 0.6) is 0 Å². The summed E-state index contributed by atoms with van der Waals surface area (Å²) in [6.45, 7) is 4.96. The molecular formula is C11H18BBrN2O. The number of carbonyl (C=O) groups is 1. The van der Waals surface area contributed by atoms with Gasteiger partial charge in [-0.2, -0.15) is 0 Å². The van der Waals surface area contributed by atoms with Gasteiger partial charge in [0.1, 0.15) is 12.5 Å². The van der Waals surface area contributed by atoms with Crippen LogP contribution in [0.3, 0.4) is 0 Å². The van der Waals surface area contributed by atoms with Crippen molar-refractivity contribution in [1.82, 2.24) is 5.32 Å². The molecule has 0 aromatic carbocycles. The van der Waals surface area contributed by atoms with Crippen LogP contribution >= 0.6 is 15.9 Å². The Hall–Kier alpha value is -0.575. The van der Waals surface area contributed by atoms with Gasteiger partial charge in [0.15, 0.2) is 0 Å². The fourth-order valence-corrected chi connectivity index (χ4v) is 1.85. The van der Waals surface area contributed by atoms with E-state index < -0.39 is 0 Å². The van der Waals surface area contributed by atoms with Crippen molar-refractivity contribution in [3.05, 3.63) is 11.8 Å². The minimum Gasteiger partial charge on any atom is -0.324 e. The van der Waals surface area contributed by atoms with Crippen LogP contribution in [-0.2, 0) is 4.79 Å². The van der Waals surface area contributed by atoms with Gasteiger partial charge in [0.05, 0.1) is 5.70 Å². The third-order valence-electron chi connectivity index (χ3n) is 2.70. The SMILES string of the molecule is BC1C=C(NC(=O)CC(C)CC)C(Br)=NC1. The molecule has 3 nitrogen and oxygen atoms in total. The first-order valence-electron chi connectivity index (χ1n) is 5.75. The van der Waals surface area contributed by atoms with Gasteiger partial charge in [-0.3, -0.25) is 9.79 Å². The molecule has 1 aliphatic heterocycles. The van der Waals surface area contributed by atoms with Crippen molar-refractivity contribution in [2.45, 2.75) is 32.5 Å². The third kappa shape index (κ3) is 4.12. The summed E-state index contributed by atoms with van der Waals surface area (Å²) in [5.74, 6) is 0.888. The smallest absolute Gasteiger partial charge is 0.224 e. The lowest BCUT2D eigenvalue weighted by Gasteiger charge is -2.17. The van der Waals surface area contributed by atoms with Crippen molar-refractivity contribution < 1.29 is 4.79 Å². The molecule has 0 aliphatic carbocycles. The highest BCUT2D eigenvalue weighted by molar-refractivity contribution is 9.18. The van der Waals surface area contributed by atoms with Crippen molar-refractivity contribution in [3.8, 4) is 0 Å². The zero-order chi connectivity index (χ0) is 12.1. The summed E-state index contributed by atoms with van der Waals surface area (Å²) >= 11 is 3.36. The number of aliphatic imine (C=N–C) groups is 1. The Kier molecular flexibility index (Phi) is 5.25. The molecule has 1 amide bonds. The number of carbonyl (C=O) groups excluding carboxylic acids is 1. The van der Waals surface area contributed by atoms with Crippen LogP contribution in [0, 0.1) is 5.92 Å². The van der Waals surface area contributed by atoms with Gasteiger partial charge in [-0.1, -0.05) is 26.3 Å². The Morgan fingerprint density at radius 1 is 1.81 bits per heavy atom. The number of halogens is 1. The zero-order valence-electron chi connectivity index (χ0n) is 10.1. The summed E-state index contributed by atoms with van der Waals surface area (Å²) in [4.78, 5) is 16.0. The molecule has 2 atom stereocenters. The Morgan fingerprint density at radius 3 is 3.12 bits per heavy atom. The highest BCUT2D eigenvalue weighted by atomic mass is 79.9. The molecule has 0 saturated heterocycles. The molecule has 0 spiro atoms. The Bertz CT molecular complexity index is 328. The summed E-state index contributed by atoms with van der Waals surface area (Å²) in [5.41, 5.74) is 0.812. The number of nitrogens with one attached hydrogen (secondary N) is 1. The summed E-state index contributed by atoms with van der Waals surface area (Å²) in [7, 11) is 2.09. The predicted octanol–water partition coefficient (Wildman–Crippen LogP) is 1.65. The molecule has 0 aromatic heterocycles. The summed E-state index contributed by atoms with van der Waals surface area (Å²) in [6, 6.07) is 0. The molecule has 0 aromatic rings.